The molecule has 4 nitrogen and oxygen atoms in total. The van der Waals surface area contributed by atoms with Crippen LogP contribution in [0.15, 0.2) is 4.99 Å². The minimum Gasteiger partial charge on any atom is -0.370 e. The Morgan fingerprint density at radius 3 is 2.37 bits per heavy atom. The Labute approximate surface area is 118 Å². The summed E-state index contributed by atoms with van der Waals surface area (Å²) in [5.74, 6) is 2.21. The van der Waals surface area contributed by atoms with Gasteiger partial charge < -0.3 is 15.5 Å². The summed E-state index contributed by atoms with van der Waals surface area (Å²) in [6.07, 6.45) is 5.34. The summed E-state index contributed by atoms with van der Waals surface area (Å²) in [6.45, 7) is 11.3. The van der Waals surface area contributed by atoms with E-state index in [0.717, 1.165) is 31.5 Å². The lowest BCUT2D eigenvalue weighted by atomic mass is 9.96. The van der Waals surface area contributed by atoms with Gasteiger partial charge in [0.1, 0.15) is 0 Å². The second kappa shape index (κ2) is 7.13. The Morgan fingerprint density at radius 2 is 1.79 bits per heavy atom. The predicted octanol–water partition coefficient (Wildman–Crippen LogP) is 1.76. The van der Waals surface area contributed by atoms with Crippen LogP contribution in [0.2, 0.25) is 0 Å². The molecule has 2 heterocycles. The maximum atomic E-state index is 6.07. The first-order valence-electron chi connectivity index (χ1n) is 7.92. The molecule has 0 saturated carbocycles. The summed E-state index contributed by atoms with van der Waals surface area (Å²) in [5.41, 5.74) is 6.07. The predicted molar refractivity (Wildman–Crippen MR) is 81.3 cm³/mol. The summed E-state index contributed by atoms with van der Waals surface area (Å²) >= 11 is 0. The highest BCUT2D eigenvalue weighted by Crippen LogP contribution is 2.20. The molecule has 2 saturated heterocycles. The maximum Gasteiger partial charge on any atom is 0.191 e. The van der Waals surface area contributed by atoms with Crippen molar-refractivity contribution < 1.29 is 0 Å². The highest BCUT2D eigenvalue weighted by molar-refractivity contribution is 5.78. The van der Waals surface area contributed by atoms with Crippen molar-refractivity contribution in [3.05, 3.63) is 0 Å². The van der Waals surface area contributed by atoms with E-state index < -0.39 is 0 Å². The first-order valence-corrected chi connectivity index (χ1v) is 7.92. The third-order valence-corrected chi connectivity index (χ3v) is 4.27. The summed E-state index contributed by atoms with van der Waals surface area (Å²) < 4.78 is 0. The van der Waals surface area contributed by atoms with E-state index >= 15 is 0 Å². The van der Waals surface area contributed by atoms with Crippen molar-refractivity contribution in [2.75, 3.05) is 39.3 Å². The Balaban J connectivity index is 1.70. The molecule has 0 aromatic carbocycles. The lowest BCUT2D eigenvalue weighted by Crippen LogP contribution is -2.44. The number of likely N-dealkylation sites (tertiary alicyclic amines) is 2. The zero-order valence-corrected chi connectivity index (χ0v) is 12.6. The minimum atomic E-state index is 0.589. The third kappa shape index (κ3) is 4.68. The average Bonchev–Trinajstić information content (AvgIpc) is 2.89. The highest BCUT2D eigenvalue weighted by atomic mass is 15.3. The molecule has 2 aliphatic rings. The van der Waals surface area contributed by atoms with Crippen molar-refractivity contribution >= 4 is 5.96 Å². The van der Waals surface area contributed by atoms with E-state index in [1.807, 2.05) is 0 Å². The lowest BCUT2D eigenvalue weighted by molar-refractivity contribution is 0.200. The molecule has 0 atom stereocenters. The van der Waals surface area contributed by atoms with Crippen LogP contribution in [0.3, 0.4) is 0 Å². The Hall–Kier alpha value is -0.770. The molecule has 2 rings (SSSR count). The second-order valence-electron chi connectivity index (χ2n) is 6.53. The zero-order chi connectivity index (χ0) is 13.7. The SMILES string of the molecule is CC(C)CN=C(N)N1CCC(CN2CCCC2)CC1. The van der Waals surface area contributed by atoms with E-state index in [2.05, 4.69) is 28.6 Å². The van der Waals surface area contributed by atoms with Crippen LogP contribution in [0.4, 0.5) is 0 Å². The minimum absolute atomic E-state index is 0.589. The van der Waals surface area contributed by atoms with Gasteiger partial charge in [-0.3, -0.25) is 4.99 Å². The van der Waals surface area contributed by atoms with Gasteiger partial charge in [0.05, 0.1) is 0 Å². The first kappa shape index (κ1) is 14.6. The molecule has 0 spiro atoms. The molecule has 2 N–H and O–H groups in total. The lowest BCUT2D eigenvalue weighted by Gasteiger charge is -2.34. The molecule has 0 amide bonds. The second-order valence-corrected chi connectivity index (χ2v) is 6.53. The smallest absolute Gasteiger partial charge is 0.191 e. The number of nitrogens with zero attached hydrogens (tertiary/aromatic N) is 3. The molecular weight excluding hydrogens is 236 g/mol. The van der Waals surface area contributed by atoms with Crippen LogP contribution >= 0.6 is 0 Å². The molecule has 19 heavy (non-hydrogen) atoms. The number of rotatable bonds is 4. The van der Waals surface area contributed by atoms with E-state index in [-0.39, 0.29) is 0 Å². The van der Waals surface area contributed by atoms with Gasteiger partial charge in [-0.15, -0.1) is 0 Å². The van der Waals surface area contributed by atoms with Gasteiger partial charge in [0.15, 0.2) is 5.96 Å². The van der Waals surface area contributed by atoms with Gasteiger partial charge in [-0.1, -0.05) is 13.8 Å². The van der Waals surface area contributed by atoms with Crippen LogP contribution in [0.5, 0.6) is 0 Å². The van der Waals surface area contributed by atoms with Crippen LogP contribution in [0.1, 0.15) is 39.5 Å². The van der Waals surface area contributed by atoms with Crippen molar-refractivity contribution in [2.45, 2.75) is 39.5 Å². The fraction of sp³-hybridized carbons (Fsp3) is 0.933. The molecule has 0 aromatic heterocycles. The topological polar surface area (TPSA) is 44.9 Å². The van der Waals surface area contributed by atoms with Crippen molar-refractivity contribution in [2.24, 2.45) is 22.6 Å². The van der Waals surface area contributed by atoms with E-state index in [1.165, 1.54) is 45.3 Å². The van der Waals surface area contributed by atoms with Gasteiger partial charge in [-0.25, -0.2) is 0 Å². The fourth-order valence-electron chi connectivity index (χ4n) is 3.05. The Kier molecular flexibility index (Phi) is 5.49. The molecule has 0 bridgehead atoms. The molecule has 0 aliphatic carbocycles. The number of aliphatic imine (C=N–C) groups is 1. The molecule has 2 aliphatic heterocycles. The van der Waals surface area contributed by atoms with E-state index in [0.29, 0.717) is 5.92 Å². The Morgan fingerprint density at radius 1 is 1.16 bits per heavy atom. The highest BCUT2D eigenvalue weighted by Gasteiger charge is 2.23. The quantitative estimate of drug-likeness (QED) is 0.623. The standard InChI is InChI=1S/C15H30N4/c1-13(2)11-17-15(16)19-9-5-14(6-10-19)12-18-7-3-4-8-18/h13-14H,3-12H2,1-2H3,(H2,16,17). The van der Waals surface area contributed by atoms with Gasteiger partial charge in [0, 0.05) is 26.2 Å². The van der Waals surface area contributed by atoms with E-state index in [1.54, 1.807) is 0 Å². The van der Waals surface area contributed by atoms with Crippen molar-refractivity contribution in [3.63, 3.8) is 0 Å². The van der Waals surface area contributed by atoms with Gasteiger partial charge in [0.25, 0.3) is 0 Å². The molecule has 4 heteroatoms. The molecule has 0 unspecified atom stereocenters. The summed E-state index contributed by atoms with van der Waals surface area (Å²) in [5, 5.41) is 0. The van der Waals surface area contributed by atoms with E-state index in [4.69, 9.17) is 5.73 Å². The van der Waals surface area contributed by atoms with Gasteiger partial charge in [-0.05, 0) is 50.6 Å². The normalized spacial score (nSPS) is 23.5. The average molecular weight is 266 g/mol. The summed E-state index contributed by atoms with van der Waals surface area (Å²) in [7, 11) is 0. The monoisotopic (exact) mass is 266 g/mol. The van der Waals surface area contributed by atoms with Crippen LogP contribution < -0.4 is 5.73 Å². The van der Waals surface area contributed by atoms with Gasteiger partial charge in [0.2, 0.25) is 0 Å². The summed E-state index contributed by atoms with van der Waals surface area (Å²) in [4.78, 5) is 9.39. The van der Waals surface area contributed by atoms with Crippen molar-refractivity contribution in [3.8, 4) is 0 Å². The number of piperidine rings is 1. The number of hydrogen-bond acceptors (Lipinski definition) is 2. The molecule has 0 radical (unpaired) electrons. The molecule has 2 fully saturated rings. The fourth-order valence-corrected chi connectivity index (χ4v) is 3.05. The van der Waals surface area contributed by atoms with E-state index in [9.17, 15) is 0 Å². The first-order chi connectivity index (χ1) is 9.15. The van der Waals surface area contributed by atoms with Crippen LogP contribution in [-0.4, -0.2) is 55.0 Å². The number of guanidine groups is 1. The summed E-state index contributed by atoms with van der Waals surface area (Å²) in [6, 6.07) is 0. The zero-order valence-electron chi connectivity index (χ0n) is 12.6. The van der Waals surface area contributed by atoms with Crippen LogP contribution in [0.25, 0.3) is 0 Å². The largest absolute Gasteiger partial charge is 0.370 e. The molecule has 110 valence electrons. The third-order valence-electron chi connectivity index (χ3n) is 4.27. The van der Waals surface area contributed by atoms with Crippen LogP contribution in [-0.2, 0) is 0 Å². The Bertz CT molecular complexity index is 287. The van der Waals surface area contributed by atoms with Gasteiger partial charge in [-0.2, -0.15) is 0 Å². The number of nitrogens with two attached hydrogens (primary N) is 1. The number of hydrogen-bond donors (Lipinski definition) is 1. The van der Waals surface area contributed by atoms with Crippen LogP contribution in [0, 0.1) is 11.8 Å². The maximum absolute atomic E-state index is 6.07. The van der Waals surface area contributed by atoms with Crippen molar-refractivity contribution in [1.29, 1.82) is 0 Å². The van der Waals surface area contributed by atoms with Crippen molar-refractivity contribution in [1.82, 2.24) is 9.80 Å². The van der Waals surface area contributed by atoms with Gasteiger partial charge >= 0.3 is 0 Å². The molecule has 0 aromatic rings. The molecular formula is C15H30N4.